The van der Waals surface area contributed by atoms with Gasteiger partial charge in [-0.05, 0) is 35.2 Å². The highest BCUT2D eigenvalue weighted by atomic mass is 32.1. The van der Waals surface area contributed by atoms with Crippen LogP contribution in [0.5, 0.6) is 0 Å². The van der Waals surface area contributed by atoms with Crippen molar-refractivity contribution in [2.24, 2.45) is 0 Å². The monoisotopic (exact) mass is 375 g/mol. The van der Waals surface area contributed by atoms with Gasteiger partial charge in [0.1, 0.15) is 5.00 Å². The highest BCUT2D eigenvalue weighted by Crippen LogP contribution is 2.23. The first-order valence-electron chi connectivity index (χ1n) is 7.11. The predicted molar refractivity (Wildman–Crippen MR) is 95.0 cm³/mol. The van der Waals surface area contributed by atoms with Crippen molar-refractivity contribution < 1.29 is 24.0 Å². The van der Waals surface area contributed by atoms with Crippen molar-refractivity contribution in [1.82, 2.24) is 5.32 Å². The maximum atomic E-state index is 12.0. The van der Waals surface area contributed by atoms with Gasteiger partial charge in [0.15, 0.2) is 0 Å². The molecule has 1 aromatic heterocycles. The summed E-state index contributed by atoms with van der Waals surface area (Å²) in [6.45, 7) is 0. The first kappa shape index (κ1) is 18.8. The molecular weight excluding hydrogens is 362 g/mol. The molecule has 0 saturated heterocycles. The number of nitro groups is 1. The molecule has 2 aromatic rings. The van der Waals surface area contributed by atoms with Gasteiger partial charge in [0.05, 0.1) is 17.6 Å². The van der Waals surface area contributed by atoms with Crippen LogP contribution in [0, 0.1) is 10.1 Å². The van der Waals surface area contributed by atoms with Gasteiger partial charge < -0.3 is 10.1 Å². The smallest absolute Gasteiger partial charge is 0.413 e. The van der Waals surface area contributed by atoms with Crippen LogP contribution in [-0.2, 0) is 9.53 Å². The fourth-order valence-electron chi connectivity index (χ4n) is 1.83. The number of imide groups is 1. The quantitative estimate of drug-likeness (QED) is 0.470. The summed E-state index contributed by atoms with van der Waals surface area (Å²) >= 11 is 1.11. The highest BCUT2D eigenvalue weighted by molar-refractivity contribution is 7.14. The fraction of sp³-hybridized carbons (Fsp3) is 0.0625. The third-order valence-electron chi connectivity index (χ3n) is 3.08. The number of ether oxygens (including phenoxy) is 1. The topological polar surface area (TPSA) is 128 Å². The standard InChI is InChI=1S/C16H13N3O6S/c1-25-16(22)18-14(21)12-8-9-26-15(12)17-13(20)7-4-10-2-5-11(6-3-10)19(23)24/h2-9H,1H3,(H,17,20)(H,18,21,22)/b7-4+. The van der Waals surface area contributed by atoms with Crippen LogP contribution in [0.4, 0.5) is 15.5 Å². The number of hydrogen-bond donors (Lipinski definition) is 2. The van der Waals surface area contributed by atoms with Crippen LogP contribution in [0.25, 0.3) is 6.08 Å². The number of alkyl carbamates (subject to hydrolysis) is 1. The van der Waals surface area contributed by atoms with E-state index in [-0.39, 0.29) is 16.3 Å². The third-order valence-corrected chi connectivity index (χ3v) is 3.91. The van der Waals surface area contributed by atoms with Crippen LogP contribution < -0.4 is 10.6 Å². The second kappa shape index (κ2) is 8.53. The molecule has 1 aromatic carbocycles. The van der Waals surface area contributed by atoms with E-state index in [1.54, 1.807) is 5.38 Å². The minimum absolute atomic E-state index is 0.0496. The van der Waals surface area contributed by atoms with E-state index in [0.29, 0.717) is 5.56 Å². The Morgan fingerprint density at radius 3 is 2.50 bits per heavy atom. The molecule has 0 fully saturated rings. The number of rotatable bonds is 5. The highest BCUT2D eigenvalue weighted by Gasteiger charge is 2.16. The number of non-ortho nitro benzene ring substituents is 1. The zero-order chi connectivity index (χ0) is 19.1. The van der Waals surface area contributed by atoms with Gasteiger partial charge in [-0.2, -0.15) is 0 Å². The minimum atomic E-state index is -0.906. The summed E-state index contributed by atoms with van der Waals surface area (Å²) in [4.78, 5) is 45.1. The van der Waals surface area contributed by atoms with Gasteiger partial charge in [0.2, 0.25) is 5.91 Å². The lowest BCUT2D eigenvalue weighted by Crippen LogP contribution is -2.30. The van der Waals surface area contributed by atoms with Crippen molar-refractivity contribution in [3.8, 4) is 0 Å². The van der Waals surface area contributed by atoms with Crippen molar-refractivity contribution in [2.45, 2.75) is 0 Å². The number of hydrogen-bond acceptors (Lipinski definition) is 7. The Morgan fingerprint density at radius 1 is 1.19 bits per heavy atom. The van der Waals surface area contributed by atoms with Crippen LogP contribution in [0.15, 0.2) is 41.8 Å². The lowest BCUT2D eigenvalue weighted by molar-refractivity contribution is -0.384. The van der Waals surface area contributed by atoms with Gasteiger partial charge in [-0.3, -0.25) is 25.0 Å². The van der Waals surface area contributed by atoms with Gasteiger partial charge in [-0.1, -0.05) is 0 Å². The molecule has 0 radical (unpaired) electrons. The Kier molecular flexibility index (Phi) is 6.17. The van der Waals surface area contributed by atoms with E-state index in [1.165, 1.54) is 42.5 Å². The zero-order valence-electron chi connectivity index (χ0n) is 13.4. The molecule has 0 saturated carbocycles. The normalized spacial score (nSPS) is 10.3. The number of carbonyl (C=O) groups is 3. The minimum Gasteiger partial charge on any atom is -0.453 e. The molecule has 0 aliphatic heterocycles. The van der Waals surface area contributed by atoms with Gasteiger partial charge in [-0.15, -0.1) is 11.3 Å². The molecular formula is C16H13N3O6S. The second-order valence-electron chi connectivity index (χ2n) is 4.78. The average molecular weight is 375 g/mol. The van der Waals surface area contributed by atoms with Gasteiger partial charge >= 0.3 is 6.09 Å². The van der Waals surface area contributed by atoms with E-state index < -0.39 is 22.8 Å². The van der Waals surface area contributed by atoms with E-state index in [0.717, 1.165) is 18.4 Å². The maximum absolute atomic E-state index is 12.0. The van der Waals surface area contributed by atoms with E-state index >= 15 is 0 Å². The van der Waals surface area contributed by atoms with E-state index in [1.807, 2.05) is 5.32 Å². The Hall–Kier alpha value is -3.53. The fourth-order valence-corrected chi connectivity index (χ4v) is 2.62. The van der Waals surface area contributed by atoms with Crippen LogP contribution >= 0.6 is 11.3 Å². The van der Waals surface area contributed by atoms with Crippen LogP contribution in [0.1, 0.15) is 15.9 Å². The molecule has 0 aliphatic rings. The number of methoxy groups -OCH3 is 1. The van der Waals surface area contributed by atoms with Crippen LogP contribution in [-0.4, -0.2) is 29.9 Å². The molecule has 9 nitrogen and oxygen atoms in total. The number of nitrogens with one attached hydrogen (secondary N) is 2. The summed E-state index contributed by atoms with van der Waals surface area (Å²) in [5.74, 6) is -1.20. The number of anilines is 1. The van der Waals surface area contributed by atoms with Gasteiger partial charge in [-0.25, -0.2) is 4.79 Å². The van der Waals surface area contributed by atoms with E-state index in [4.69, 9.17) is 0 Å². The van der Waals surface area contributed by atoms with Crippen LogP contribution in [0.2, 0.25) is 0 Å². The number of benzene rings is 1. The van der Waals surface area contributed by atoms with Crippen molar-refractivity contribution >= 4 is 46.0 Å². The average Bonchev–Trinajstić information content (AvgIpc) is 3.08. The first-order chi connectivity index (χ1) is 12.4. The van der Waals surface area contributed by atoms with E-state index in [9.17, 15) is 24.5 Å². The Bertz CT molecular complexity index is 872. The maximum Gasteiger partial charge on any atom is 0.413 e. The zero-order valence-corrected chi connectivity index (χ0v) is 14.2. The van der Waals surface area contributed by atoms with Crippen LogP contribution in [0.3, 0.4) is 0 Å². The summed E-state index contributed by atoms with van der Waals surface area (Å²) in [6.07, 6.45) is 1.79. The number of nitrogens with zero attached hydrogens (tertiary/aromatic N) is 1. The summed E-state index contributed by atoms with van der Waals surface area (Å²) in [7, 11) is 1.13. The number of amides is 3. The molecule has 26 heavy (non-hydrogen) atoms. The summed E-state index contributed by atoms with van der Waals surface area (Å²) < 4.78 is 4.34. The van der Waals surface area contributed by atoms with Crippen molar-refractivity contribution in [2.75, 3.05) is 12.4 Å². The largest absolute Gasteiger partial charge is 0.453 e. The number of carbonyl (C=O) groups excluding carboxylic acids is 3. The molecule has 2 N–H and O–H groups in total. The molecule has 0 spiro atoms. The van der Waals surface area contributed by atoms with Crippen molar-refractivity contribution in [1.29, 1.82) is 0 Å². The molecule has 0 atom stereocenters. The van der Waals surface area contributed by atoms with Crippen molar-refractivity contribution in [3.05, 3.63) is 63.0 Å². The molecule has 0 bridgehead atoms. The third kappa shape index (κ3) is 4.98. The van der Waals surface area contributed by atoms with E-state index in [2.05, 4.69) is 10.1 Å². The molecule has 2 rings (SSSR count). The van der Waals surface area contributed by atoms with Gasteiger partial charge in [0.25, 0.3) is 11.6 Å². The Labute approximate surface area is 151 Å². The summed E-state index contributed by atoms with van der Waals surface area (Å²) in [5, 5.41) is 17.0. The predicted octanol–water partition coefficient (Wildman–Crippen LogP) is 2.80. The molecule has 10 heteroatoms. The Balaban J connectivity index is 2.02. The van der Waals surface area contributed by atoms with Gasteiger partial charge in [0, 0.05) is 18.2 Å². The molecule has 1 heterocycles. The lowest BCUT2D eigenvalue weighted by atomic mass is 10.2. The molecule has 3 amide bonds. The molecule has 0 unspecified atom stereocenters. The second-order valence-corrected chi connectivity index (χ2v) is 5.70. The number of nitro benzene ring substituents is 1. The summed E-state index contributed by atoms with van der Waals surface area (Å²) in [5.41, 5.74) is 0.671. The number of thiophene rings is 1. The molecule has 0 aliphatic carbocycles. The first-order valence-corrected chi connectivity index (χ1v) is 7.99. The molecule has 134 valence electrons. The summed E-state index contributed by atoms with van der Waals surface area (Å²) in [6, 6.07) is 7.11. The SMILES string of the molecule is COC(=O)NC(=O)c1ccsc1NC(=O)/C=C/c1ccc([N+](=O)[O-])cc1. The Morgan fingerprint density at radius 2 is 1.88 bits per heavy atom. The van der Waals surface area contributed by atoms with Crippen molar-refractivity contribution in [3.63, 3.8) is 0 Å². The lowest BCUT2D eigenvalue weighted by Gasteiger charge is -2.04.